The zero-order valence-electron chi connectivity index (χ0n) is 21.0. The molecular weight excluding hydrogens is 576 g/mol. The van der Waals surface area contributed by atoms with E-state index in [1.54, 1.807) is 0 Å². The number of amides is 1. The molecule has 0 radical (unpaired) electrons. The van der Waals surface area contributed by atoms with Gasteiger partial charge in [0.2, 0.25) is 0 Å². The van der Waals surface area contributed by atoms with Gasteiger partial charge in [-0.25, -0.2) is 0 Å². The van der Waals surface area contributed by atoms with Crippen molar-refractivity contribution in [1.29, 1.82) is 0 Å². The van der Waals surface area contributed by atoms with Gasteiger partial charge in [0, 0.05) is 22.9 Å². The molecule has 1 amide bonds. The number of alkyl halides is 6. The first-order valence-corrected chi connectivity index (χ1v) is 12.7. The molecule has 1 N–H and O–H groups in total. The molecule has 3 aromatic carbocycles. The standard InChI is InChI=1S/C26H19F6N5O3S/c1-15-8-9-17(11-21(15)37(39)40)23(38)33-13-22-34-35-24(36(22)20-7-3-6-19(12-20)26(30,31)32)41-14-16-4-2-5-18(10-16)25(27,28)29/h2-12H,13-14H2,1H3,(H,33,38). The Morgan fingerprint density at radius 1 is 0.951 bits per heavy atom. The molecule has 0 atom stereocenters. The van der Waals surface area contributed by atoms with Crippen LogP contribution in [-0.2, 0) is 24.7 Å². The van der Waals surface area contributed by atoms with E-state index in [-0.39, 0.29) is 40.2 Å². The number of hydrogen-bond acceptors (Lipinski definition) is 6. The summed E-state index contributed by atoms with van der Waals surface area (Å²) in [6, 6.07) is 12.7. The number of hydrogen-bond donors (Lipinski definition) is 1. The first kappa shape index (κ1) is 29.6. The van der Waals surface area contributed by atoms with Crippen LogP contribution in [0.4, 0.5) is 32.0 Å². The number of aromatic nitrogens is 3. The summed E-state index contributed by atoms with van der Waals surface area (Å²) in [4.78, 5) is 23.3. The maximum Gasteiger partial charge on any atom is 0.416 e. The van der Waals surface area contributed by atoms with Crippen molar-refractivity contribution >= 4 is 23.4 Å². The Morgan fingerprint density at radius 2 is 1.61 bits per heavy atom. The lowest BCUT2D eigenvalue weighted by atomic mass is 10.1. The Kier molecular flexibility index (Phi) is 8.37. The lowest BCUT2D eigenvalue weighted by Gasteiger charge is -2.14. The lowest BCUT2D eigenvalue weighted by molar-refractivity contribution is -0.385. The van der Waals surface area contributed by atoms with Gasteiger partial charge < -0.3 is 5.32 Å². The third kappa shape index (κ3) is 7.03. The van der Waals surface area contributed by atoms with E-state index in [4.69, 9.17) is 0 Å². The lowest BCUT2D eigenvalue weighted by Crippen LogP contribution is -2.25. The zero-order valence-corrected chi connectivity index (χ0v) is 21.8. The minimum Gasteiger partial charge on any atom is -0.345 e. The number of halogens is 6. The molecule has 0 saturated heterocycles. The van der Waals surface area contributed by atoms with E-state index in [2.05, 4.69) is 15.5 Å². The van der Waals surface area contributed by atoms with Gasteiger partial charge in [0.05, 0.1) is 28.3 Å². The minimum absolute atomic E-state index is 0.00610. The average Bonchev–Trinajstić information content (AvgIpc) is 3.32. The smallest absolute Gasteiger partial charge is 0.345 e. The van der Waals surface area contributed by atoms with Crippen LogP contribution in [0, 0.1) is 17.0 Å². The summed E-state index contributed by atoms with van der Waals surface area (Å²) >= 11 is 0.939. The molecule has 0 aliphatic rings. The minimum atomic E-state index is -4.66. The van der Waals surface area contributed by atoms with Crippen molar-refractivity contribution in [3.05, 3.63) is 110 Å². The second-order valence-electron chi connectivity index (χ2n) is 8.71. The predicted molar refractivity (Wildman–Crippen MR) is 136 cm³/mol. The van der Waals surface area contributed by atoms with Gasteiger partial charge in [0.25, 0.3) is 11.6 Å². The third-order valence-electron chi connectivity index (χ3n) is 5.83. The van der Waals surface area contributed by atoms with Crippen LogP contribution in [0.3, 0.4) is 0 Å². The molecule has 0 aliphatic carbocycles. The first-order chi connectivity index (χ1) is 19.2. The Labute approximate surface area is 232 Å². The molecule has 1 aromatic heterocycles. The highest BCUT2D eigenvalue weighted by molar-refractivity contribution is 7.98. The fraction of sp³-hybridized carbons (Fsp3) is 0.192. The monoisotopic (exact) mass is 595 g/mol. The van der Waals surface area contributed by atoms with Crippen LogP contribution in [0.15, 0.2) is 71.9 Å². The van der Waals surface area contributed by atoms with Crippen molar-refractivity contribution in [3.8, 4) is 5.69 Å². The van der Waals surface area contributed by atoms with Gasteiger partial charge in [-0.15, -0.1) is 10.2 Å². The van der Waals surface area contributed by atoms with Crippen LogP contribution in [0.25, 0.3) is 5.69 Å². The maximum atomic E-state index is 13.4. The number of rotatable bonds is 8. The topological polar surface area (TPSA) is 103 Å². The quantitative estimate of drug-likeness (QED) is 0.105. The van der Waals surface area contributed by atoms with Crippen LogP contribution >= 0.6 is 11.8 Å². The van der Waals surface area contributed by atoms with Crippen molar-refractivity contribution in [1.82, 2.24) is 20.1 Å². The summed E-state index contributed by atoms with van der Waals surface area (Å²) < 4.78 is 80.9. The number of nitro groups is 1. The van der Waals surface area contributed by atoms with Gasteiger partial charge in [-0.1, -0.05) is 42.1 Å². The molecule has 4 aromatic rings. The summed E-state index contributed by atoms with van der Waals surface area (Å²) in [7, 11) is 0. The van der Waals surface area contributed by atoms with E-state index in [1.807, 2.05) is 0 Å². The fourth-order valence-corrected chi connectivity index (χ4v) is 4.70. The van der Waals surface area contributed by atoms with Crippen molar-refractivity contribution in [2.45, 2.75) is 36.7 Å². The summed E-state index contributed by atoms with van der Waals surface area (Å²) in [6.45, 7) is 1.18. The second kappa shape index (κ2) is 11.6. The highest BCUT2D eigenvalue weighted by atomic mass is 32.2. The molecule has 0 aliphatic heterocycles. The van der Waals surface area contributed by atoms with E-state index < -0.39 is 34.3 Å². The van der Waals surface area contributed by atoms with Crippen molar-refractivity contribution in [2.75, 3.05) is 0 Å². The van der Waals surface area contributed by atoms with Crippen LogP contribution in [0.5, 0.6) is 0 Å². The molecule has 1 heterocycles. The number of nitrogens with zero attached hydrogens (tertiary/aromatic N) is 4. The van der Waals surface area contributed by atoms with E-state index in [1.165, 1.54) is 47.9 Å². The molecule has 0 saturated carbocycles. The Morgan fingerprint density at radius 3 is 2.27 bits per heavy atom. The van der Waals surface area contributed by atoms with Crippen molar-refractivity contribution < 1.29 is 36.1 Å². The van der Waals surface area contributed by atoms with Crippen LogP contribution in [0.1, 0.15) is 38.4 Å². The second-order valence-corrected chi connectivity index (χ2v) is 9.65. The van der Waals surface area contributed by atoms with Crippen LogP contribution < -0.4 is 5.32 Å². The molecule has 0 unspecified atom stereocenters. The predicted octanol–water partition coefficient (Wildman–Crippen LogP) is 6.74. The van der Waals surface area contributed by atoms with Crippen molar-refractivity contribution in [2.24, 2.45) is 0 Å². The molecular formula is C26H19F6N5O3S. The average molecular weight is 596 g/mol. The number of nitro benzene ring substituents is 1. The van der Waals surface area contributed by atoms with Gasteiger partial charge in [-0.2, -0.15) is 26.3 Å². The molecule has 0 fully saturated rings. The van der Waals surface area contributed by atoms with E-state index in [9.17, 15) is 41.3 Å². The molecule has 41 heavy (non-hydrogen) atoms. The van der Waals surface area contributed by atoms with Gasteiger partial charge in [0.15, 0.2) is 11.0 Å². The molecule has 4 rings (SSSR count). The first-order valence-electron chi connectivity index (χ1n) is 11.7. The Balaban J connectivity index is 1.64. The zero-order chi connectivity index (χ0) is 29.9. The number of thioether (sulfide) groups is 1. The maximum absolute atomic E-state index is 13.4. The number of nitrogens with one attached hydrogen (secondary N) is 1. The Bertz CT molecular complexity index is 1600. The highest BCUT2D eigenvalue weighted by Gasteiger charge is 2.32. The number of carbonyl (C=O) groups is 1. The summed E-state index contributed by atoms with van der Waals surface area (Å²) in [5.41, 5.74) is -1.46. The molecule has 0 bridgehead atoms. The van der Waals surface area contributed by atoms with Crippen LogP contribution in [0.2, 0.25) is 0 Å². The van der Waals surface area contributed by atoms with Gasteiger partial charge in [-0.3, -0.25) is 19.5 Å². The third-order valence-corrected chi connectivity index (χ3v) is 6.83. The normalized spacial score (nSPS) is 11.9. The number of aryl methyl sites for hydroxylation is 1. The SMILES string of the molecule is Cc1ccc(C(=O)NCc2nnc(SCc3cccc(C(F)(F)F)c3)n2-c2cccc(C(F)(F)F)c2)cc1[N+](=O)[O-]. The van der Waals surface area contributed by atoms with Gasteiger partial charge in [0.1, 0.15) is 0 Å². The van der Waals surface area contributed by atoms with E-state index in [0.29, 0.717) is 11.1 Å². The molecule has 8 nitrogen and oxygen atoms in total. The molecule has 0 spiro atoms. The molecule has 214 valence electrons. The summed E-state index contributed by atoms with van der Waals surface area (Å²) in [5.74, 6) is -0.698. The van der Waals surface area contributed by atoms with Crippen LogP contribution in [-0.4, -0.2) is 25.6 Å². The highest BCUT2D eigenvalue weighted by Crippen LogP contribution is 2.34. The van der Waals surface area contributed by atoms with E-state index in [0.717, 1.165) is 42.1 Å². The van der Waals surface area contributed by atoms with Crippen molar-refractivity contribution in [3.63, 3.8) is 0 Å². The summed E-state index contributed by atoms with van der Waals surface area (Å²) in [5, 5.41) is 21.8. The van der Waals surface area contributed by atoms with Gasteiger partial charge in [-0.05, 0) is 42.8 Å². The Hall–Kier alpha value is -4.40. The largest absolute Gasteiger partial charge is 0.416 e. The van der Waals surface area contributed by atoms with Gasteiger partial charge >= 0.3 is 12.4 Å². The number of benzene rings is 3. The fourth-order valence-electron chi connectivity index (χ4n) is 3.78. The van der Waals surface area contributed by atoms with E-state index >= 15 is 0 Å². The summed E-state index contributed by atoms with van der Waals surface area (Å²) in [6.07, 6.45) is -9.22. The number of carbonyl (C=O) groups excluding carboxylic acids is 1. The molecule has 15 heteroatoms.